The second-order valence-electron chi connectivity index (χ2n) is 3.93. The highest BCUT2D eigenvalue weighted by atomic mass is 32.1. The first-order valence-electron chi connectivity index (χ1n) is 5.55. The molecule has 0 fully saturated rings. The lowest BCUT2D eigenvalue weighted by Crippen LogP contribution is -2.04. The second kappa shape index (κ2) is 5.68. The van der Waals surface area contributed by atoms with Gasteiger partial charge in [0.15, 0.2) is 0 Å². The minimum Gasteiger partial charge on any atom is -0.299 e. The molecule has 0 aromatic carbocycles. The number of pyridine rings is 1. The van der Waals surface area contributed by atoms with Gasteiger partial charge in [0.05, 0.1) is 10.7 Å². The smallest absolute Gasteiger partial charge is 0.139 e. The highest BCUT2D eigenvalue weighted by Gasteiger charge is 2.06. The minimum absolute atomic E-state index is 0.235. The summed E-state index contributed by atoms with van der Waals surface area (Å²) in [5.74, 6) is 0.235. The Morgan fingerprint density at radius 1 is 1.47 bits per heavy atom. The van der Waals surface area contributed by atoms with Crippen molar-refractivity contribution in [2.45, 2.75) is 26.2 Å². The summed E-state index contributed by atoms with van der Waals surface area (Å²) in [7, 11) is 0. The zero-order chi connectivity index (χ0) is 12.1. The van der Waals surface area contributed by atoms with E-state index >= 15 is 0 Å². The van der Waals surface area contributed by atoms with E-state index < -0.39 is 0 Å². The largest absolute Gasteiger partial charge is 0.299 e. The second-order valence-corrected chi connectivity index (χ2v) is 5.00. The van der Waals surface area contributed by atoms with Crippen LogP contribution < -0.4 is 0 Å². The van der Waals surface area contributed by atoms with E-state index in [0.29, 0.717) is 12.8 Å². The van der Waals surface area contributed by atoms with E-state index in [1.54, 1.807) is 23.7 Å². The van der Waals surface area contributed by atoms with Gasteiger partial charge < -0.3 is 0 Å². The fourth-order valence-electron chi connectivity index (χ4n) is 1.61. The molecule has 0 spiro atoms. The van der Waals surface area contributed by atoms with Crippen molar-refractivity contribution >= 4 is 17.1 Å². The zero-order valence-corrected chi connectivity index (χ0v) is 10.5. The maximum Gasteiger partial charge on any atom is 0.139 e. The van der Waals surface area contributed by atoms with Crippen LogP contribution in [0.25, 0.3) is 0 Å². The molecule has 0 radical (unpaired) electrons. The summed E-state index contributed by atoms with van der Waals surface area (Å²) in [6, 6.07) is 3.89. The van der Waals surface area contributed by atoms with Crippen LogP contribution in [0.4, 0.5) is 0 Å². The van der Waals surface area contributed by atoms with Gasteiger partial charge in [0.25, 0.3) is 0 Å². The molecule has 0 aliphatic rings. The van der Waals surface area contributed by atoms with Crippen LogP contribution in [0.15, 0.2) is 29.9 Å². The molecule has 0 saturated carbocycles. The molecule has 0 aliphatic heterocycles. The number of ketones is 1. The van der Waals surface area contributed by atoms with Crippen LogP contribution in [-0.2, 0) is 17.6 Å². The summed E-state index contributed by atoms with van der Waals surface area (Å²) < 4.78 is 0. The van der Waals surface area contributed by atoms with E-state index in [0.717, 1.165) is 22.7 Å². The molecule has 0 amide bonds. The predicted octanol–water partition coefficient (Wildman–Crippen LogP) is 2.59. The molecule has 0 bridgehead atoms. The molecular weight excluding hydrogens is 232 g/mol. The van der Waals surface area contributed by atoms with Crippen molar-refractivity contribution in [1.82, 2.24) is 9.97 Å². The molecular formula is C13H14N2OS. The first-order chi connectivity index (χ1) is 8.24. The number of aryl methyl sites for hydroxylation is 2. The van der Waals surface area contributed by atoms with Crippen molar-refractivity contribution in [2.75, 3.05) is 0 Å². The molecule has 0 saturated heterocycles. The van der Waals surface area contributed by atoms with Crippen LogP contribution in [0.5, 0.6) is 0 Å². The van der Waals surface area contributed by atoms with E-state index in [-0.39, 0.29) is 5.78 Å². The number of nitrogens with zero attached hydrogens (tertiary/aromatic N) is 2. The van der Waals surface area contributed by atoms with Crippen LogP contribution in [-0.4, -0.2) is 15.8 Å². The van der Waals surface area contributed by atoms with Gasteiger partial charge in [-0.3, -0.25) is 9.78 Å². The molecule has 2 aromatic rings. The number of hydrogen-bond acceptors (Lipinski definition) is 4. The molecule has 0 aliphatic carbocycles. The van der Waals surface area contributed by atoms with Gasteiger partial charge in [-0.2, -0.15) is 0 Å². The Hall–Kier alpha value is -1.55. The van der Waals surface area contributed by atoms with E-state index in [4.69, 9.17) is 0 Å². The number of Topliss-reactive ketones (excluding diaryl/α,β-unsaturated/α-hetero) is 1. The van der Waals surface area contributed by atoms with Crippen LogP contribution in [0.3, 0.4) is 0 Å². The Bertz CT molecular complexity index is 493. The number of thiazole rings is 1. The molecule has 88 valence electrons. The Morgan fingerprint density at radius 2 is 2.35 bits per heavy atom. The molecule has 0 unspecified atom stereocenters. The highest BCUT2D eigenvalue weighted by molar-refractivity contribution is 7.09. The molecule has 3 nitrogen and oxygen atoms in total. The van der Waals surface area contributed by atoms with Crippen molar-refractivity contribution in [3.05, 3.63) is 46.2 Å². The average molecular weight is 246 g/mol. The zero-order valence-electron chi connectivity index (χ0n) is 9.72. The molecule has 4 heteroatoms. The van der Waals surface area contributed by atoms with Crippen molar-refractivity contribution in [1.29, 1.82) is 0 Å². The molecule has 17 heavy (non-hydrogen) atoms. The number of hydrogen-bond donors (Lipinski definition) is 0. The Kier molecular flexibility index (Phi) is 3.98. The quantitative estimate of drug-likeness (QED) is 0.814. The third kappa shape index (κ3) is 3.75. The topological polar surface area (TPSA) is 42.9 Å². The maximum atomic E-state index is 11.7. The summed E-state index contributed by atoms with van der Waals surface area (Å²) in [6.07, 6.45) is 5.31. The Morgan fingerprint density at radius 3 is 3.00 bits per heavy atom. The predicted molar refractivity (Wildman–Crippen MR) is 68.1 cm³/mol. The van der Waals surface area contributed by atoms with Gasteiger partial charge in [-0.15, -0.1) is 11.3 Å². The van der Waals surface area contributed by atoms with Crippen LogP contribution >= 0.6 is 11.3 Å². The average Bonchev–Trinajstić information content (AvgIpc) is 2.73. The standard InChI is InChI=1S/C13H14N2OS/c1-10-15-12(9-17-10)7-13(16)5-4-11-3-2-6-14-8-11/h2-3,6,8-9H,4-5,7H2,1H3. The summed E-state index contributed by atoms with van der Waals surface area (Å²) in [6.45, 7) is 1.95. The van der Waals surface area contributed by atoms with Crippen LogP contribution in [0.2, 0.25) is 0 Å². The number of carbonyl (C=O) groups is 1. The number of aromatic nitrogens is 2. The first kappa shape index (κ1) is 11.9. The van der Waals surface area contributed by atoms with Gasteiger partial charge in [0.2, 0.25) is 0 Å². The molecule has 0 N–H and O–H groups in total. The van der Waals surface area contributed by atoms with Crippen LogP contribution in [0, 0.1) is 6.92 Å². The van der Waals surface area contributed by atoms with E-state index in [9.17, 15) is 4.79 Å². The molecule has 2 aromatic heterocycles. The van der Waals surface area contributed by atoms with Gasteiger partial charge in [-0.1, -0.05) is 6.07 Å². The maximum absolute atomic E-state index is 11.7. The number of rotatable bonds is 5. The normalized spacial score (nSPS) is 10.4. The fourth-order valence-corrected chi connectivity index (χ4v) is 2.22. The Labute approximate surface area is 105 Å². The van der Waals surface area contributed by atoms with Gasteiger partial charge in [-0.05, 0) is 25.0 Å². The van der Waals surface area contributed by atoms with Crippen molar-refractivity contribution in [3.63, 3.8) is 0 Å². The van der Waals surface area contributed by atoms with E-state index in [1.807, 2.05) is 24.4 Å². The van der Waals surface area contributed by atoms with E-state index in [1.165, 1.54) is 0 Å². The highest BCUT2D eigenvalue weighted by Crippen LogP contribution is 2.10. The van der Waals surface area contributed by atoms with Crippen molar-refractivity contribution < 1.29 is 4.79 Å². The third-order valence-corrected chi connectivity index (χ3v) is 3.28. The summed E-state index contributed by atoms with van der Waals surface area (Å²) in [4.78, 5) is 20.1. The monoisotopic (exact) mass is 246 g/mol. The summed E-state index contributed by atoms with van der Waals surface area (Å²) >= 11 is 1.59. The SMILES string of the molecule is Cc1nc(CC(=O)CCc2cccnc2)cs1. The van der Waals surface area contributed by atoms with Gasteiger partial charge >= 0.3 is 0 Å². The van der Waals surface area contributed by atoms with Gasteiger partial charge in [-0.25, -0.2) is 4.98 Å². The number of carbonyl (C=O) groups excluding carboxylic acids is 1. The first-order valence-corrected chi connectivity index (χ1v) is 6.43. The lowest BCUT2D eigenvalue weighted by molar-refractivity contribution is -0.118. The third-order valence-electron chi connectivity index (χ3n) is 2.46. The minimum atomic E-state index is 0.235. The molecule has 2 heterocycles. The lowest BCUT2D eigenvalue weighted by atomic mass is 10.1. The van der Waals surface area contributed by atoms with E-state index in [2.05, 4.69) is 9.97 Å². The van der Waals surface area contributed by atoms with Gasteiger partial charge in [0, 0.05) is 30.6 Å². The van der Waals surface area contributed by atoms with Crippen molar-refractivity contribution in [3.8, 4) is 0 Å². The summed E-state index contributed by atoms with van der Waals surface area (Å²) in [5, 5.41) is 2.97. The van der Waals surface area contributed by atoms with Gasteiger partial charge in [0.1, 0.15) is 5.78 Å². The molecule has 2 rings (SSSR count). The molecule has 0 atom stereocenters. The lowest BCUT2D eigenvalue weighted by Gasteiger charge is -1.99. The Balaban J connectivity index is 1.82. The van der Waals surface area contributed by atoms with Crippen molar-refractivity contribution in [2.24, 2.45) is 0 Å². The fraction of sp³-hybridized carbons (Fsp3) is 0.308. The van der Waals surface area contributed by atoms with Crippen LogP contribution in [0.1, 0.15) is 22.7 Å². The summed E-state index contributed by atoms with van der Waals surface area (Å²) in [5.41, 5.74) is 2.00.